The van der Waals surface area contributed by atoms with Crippen LogP contribution < -0.4 is 5.32 Å². The first-order valence-electron chi connectivity index (χ1n) is 9.11. The molecule has 1 atom stereocenters. The van der Waals surface area contributed by atoms with Crippen LogP contribution in [-0.4, -0.2) is 51.1 Å². The molecule has 3 heterocycles. The molecule has 0 amide bonds. The van der Waals surface area contributed by atoms with E-state index in [1.807, 2.05) is 0 Å². The van der Waals surface area contributed by atoms with Crippen molar-refractivity contribution in [3.63, 3.8) is 0 Å². The minimum absolute atomic E-state index is 0.0829. The lowest BCUT2D eigenvalue weighted by Crippen LogP contribution is -2.39. The zero-order valence-electron chi connectivity index (χ0n) is 15.0. The van der Waals surface area contributed by atoms with Crippen LogP contribution in [0.3, 0.4) is 0 Å². The fourth-order valence-corrected chi connectivity index (χ4v) is 3.09. The number of morpholine rings is 1. The molecule has 27 heavy (non-hydrogen) atoms. The predicted octanol–water partition coefficient (Wildman–Crippen LogP) is 2.63. The summed E-state index contributed by atoms with van der Waals surface area (Å²) in [4.78, 5) is 19.7. The molecule has 0 bridgehead atoms. The Balaban J connectivity index is 1.38. The van der Waals surface area contributed by atoms with Crippen molar-refractivity contribution in [2.45, 2.75) is 12.5 Å². The summed E-state index contributed by atoms with van der Waals surface area (Å²) in [7, 11) is 0. The third-order valence-electron chi connectivity index (χ3n) is 4.50. The van der Waals surface area contributed by atoms with Crippen molar-refractivity contribution in [1.82, 2.24) is 24.8 Å². The lowest BCUT2D eigenvalue weighted by molar-refractivity contribution is -0.0317. The van der Waals surface area contributed by atoms with E-state index in [1.165, 1.54) is 5.56 Å². The molecule has 1 unspecified atom stereocenters. The second-order valence-electron chi connectivity index (χ2n) is 6.42. The summed E-state index contributed by atoms with van der Waals surface area (Å²) in [6, 6.07) is 12.3. The number of hydrogen-bond acceptors (Lipinski definition) is 7. The molecular weight excluding hydrogens is 340 g/mol. The van der Waals surface area contributed by atoms with Crippen molar-refractivity contribution < 1.29 is 4.74 Å². The van der Waals surface area contributed by atoms with Crippen LogP contribution in [0.5, 0.6) is 0 Å². The molecule has 0 radical (unpaired) electrons. The number of aromatic nitrogens is 4. The molecule has 7 nitrogen and oxygen atoms in total. The van der Waals surface area contributed by atoms with Gasteiger partial charge in [0.25, 0.3) is 0 Å². The van der Waals surface area contributed by atoms with Crippen LogP contribution in [0.1, 0.15) is 17.4 Å². The summed E-state index contributed by atoms with van der Waals surface area (Å²) < 4.78 is 5.95. The highest BCUT2D eigenvalue weighted by atomic mass is 16.5. The van der Waals surface area contributed by atoms with E-state index in [1.54, 1.807) is 30.9 Å². The zero-order chi connectivity index (χ0) is 18.3. The third kappa shape index (κ3) is 4.84. The molecule has 1 saturated heterocycles. The van der Waals surface area contributed by atoms with Crippen molar-refractivity contribution in [3.8, 4) is 0 Å². The first kappa shape index (κ1) is 17.5. The van der Waals surface area contributed by atoms with Gasteiger partial charge in [-0.25, -0.2) is 15.0 Å². The van der Waals surface area contributed by atoms with Gasteiger partial charge in [-0.1, -0.05) is 30.3 Å². The minimum Gasteiger partial charge on any atom is -0.369 e. The number of nitrogens with zero attached hydrogens (tertiary/aromatic N) is 5. The SMILES string of the molecule is c1ccc(CCN2CCOC(c3cncc(Nc4ncccn4)n3)C2)cc1. The van der Waals surface area contributed by atoms with Gasteiger partial charge in [-0.3, -0.25) is 9.88 Å². The average Bonchev–Trinajstić information content (AvgIpc) is 2.74. The molecule has 0 spiro atoms. The maximum atomic E-state index is 5.95. The molecule has 1 aliphatic rings. The Hall–Kier alpha value is -2.90. The Morgan fingerprint density at radius 2 is 1.93 bits per heavy atom. The molecule has 1 aliphatic heterocycles. The van der Waals surface area contributed by atoms with Gasteiger partial charge >= 0.3 is 0 Å². The highest BCUT2D eigenvalue weighted by Crippen LogP contribution is 2.22. The minimum atomic E-state index is -0.0829. The number of ether oxygens (including phenoxy) is 1. The van der Waals surface area contributed by atoms with Gasteiger partial charge in [0, 0.05) is 32.0 Å². The van der Waals surface area contributed by atoms with Crippen molar-refractivity contribution in [1.29, 1.82) is 0 Å². The summed E-state index contributed by atoms with van der Waals surface area (Å²) in [6.07, 6.45) is 7.74. The van der Waals surface area contributed by atoms with Crippen molar-refractivity contribution in [3.05, 3.63) is 72.4 Å². The van der Waals surface area contributed by atoms with Gasteiger partial charge in [-0.15, -0.1) is 0 Å². The maximum Gasteiger partial charge on any atom is 0.228 e. The largest absolute Gasteiger partial charge is 0.369 e. The molecule has 2 aromatic heterocycles. The van der Waals surface area contributed by atoms with E-state index >= 15 is 0 Å². The fraction of sp³-hybridized carbons (Fsp3) is 0.300. The van der Waals surface area contributed by atoms with Crippen LogP contribution in [-0.2, 0) is 11.2 Å². The lowest BCUT2D eigenvalue weighted by atomic mass is 10.1. The molecule has 0 saturated carbocycles. The first-order chi connectivity index (χ1) is 13.4. The topological polar surface area (TPSA) is 76.1 Å². The van der Waals surface area contributed by atoms with Crippen LogP contribution in [0.15, 0.2) is 61.2 Å². The van der Waals surface area contributed by atoms with Gasteiger partial charge in [-0.05, 0) is 18.1 Å². The molecule has 0 aliphatic carbocycles. The molecule has 1 N–H and O–H groups in total. The standard InChI is InChI=1S/C20H22N6O/c1-2-5-16(6-3-1)7-10-26-11-12-27-18(15-26)17-13-21-14-19(24-17)25-20-22-8-4-9-23-20/h1-6,8-9,13-14,18H,7,10-12,15H2,(H,22,23,24,25). The highest BCUT2D eigenvalue weighted by Gasteiger charge is 2.23. The summed E-state index contributed by atoms with van der Waals surface area (Å²) in [5.74, 6) is 1.11. The summed E-state index contributed by atoms with van der Waals surface area (Å²) in [5.41, 5.74) is 2.18. The van der Waals surface area contributed by atoms with E-state index in [4.69, 9.17) is 4.74 Å². The molecule has 1 fully saturated rings. The Morgan fingerprint density at radius 3 is 2.78 bits per heavy atom. The Kier molecular flexibility index (Phi) is 5.61. The second kappa shape index (κ2) is 8.66. The monoisotopic (exact) mass is 362 g/mol. The van der Waals surface area contributed by atoms with E-state index in [0.29, 0.717) is 18.4 Å². The number of nitrogens with one attached hydrogen (secondary N) is 1. The number of anilines is 2. The van der Waals surface area contributed by atoms with Crippen LogP contribution in [0.2, 0.25) is 0 Å². The van der Waals surface area contributed by atoms with Gasteiger partial charge in [0.15, 0.2) is 5.82 Å². The smallest absolute Gasteiger partial charge is 0.228 e. The molecular formula is C20H22N6O. The molecule has 138 valence electrons. The van der Waals surface area contributed by atoms with Crippen molar-refractivity contribution in [2.24, 2.45) is 0 Å². The van der Waals surface area contributed by atoms with Gasteiger partial charge < -0.3 is 10.1 Å². The maximum absolute atomic E-state index is 5.95. The molecule has 4 rings (SSSR count). The van der Waals surface area contributed by atoms with E-state index in [-0.39, 0.29) is 6.10 Å². The molecule has 3 aromatic rings. The third-order valence-corrected chi connectivity index (χ3v) is 4.50. The highest BCUT2D eigenvalue weighted by molar-refractivity contribution is 5.45. The Bertz CT molecular complexity index is 845. The van der Waals surface area contributed by atoms with Crippen LogP contribution in [0.4, 0.5) is 11.8 Å². The molecule has 7 heteroatoms. The van der Waals surface area contributed by atoms with Crippen molar-refractivity contribution >= 4 is 11.8 Å². The Labute approximate surface area is 158 Å². The van der Waals surface area contributed by atoms with E-state index in [9.17, 15) is 0 Å². The summed E-state index contributed by atoms with van der Waals surface area (Å²) in [6.45, 7) is 3.45. The number of rotatable bonds is 6. The van der Waals surface area contributed by atoms with Crippen LogP contribution >= 0.6 is 0 Å². The zero-order valence-corrected chi connectivity index (χ0v) is 15.0. The second-order valence-corrected chi connectivity index (χ2v) is 6.42. The van der Waals surface area contributed by atoms with Crippen LogP contribution in [0, 0.1) is 0 Å². The van der Waals surface area contributed by atoms with Crippen molar-refractivity contribution in [2.75, 3.05) is 31.6 Å². The summed E-state index contributed by atoms with van der Waals surface area (Å²) in [5, 5.41) is 3.08. The van der Waals surface area contributed by atoms with E-state index < -0.39 is 0 Å². The fourth-order valence-electron chi connectivity index (χ4n) is 3.09. The predicted molar refractivity (Wildman–Crippen MR) is 103 cm³/mol. The normalized spacial score (nSPS) is 17.6. The van der Waals surface area contributed by atoms with E-state index in [0.717, 1.165) is 31.7 Å². The number of benzene rings is 1. The first-order valence-corrected chi connectivity index (χ1v) is 9.11. The lowest BCUT2D eigenvalue weighted by Gasteiger charge is -2.32. The van der Waals surface area contributed by atoms with Gasteiger partial charge in [0.2, 0.25) is 5.95 Å². The van der Waals surface area contributed by atoms with Gasteiger partial charge in [0.05, 0.1) is 24.7 Å². The van der Waals surface area contributed by atoms with E-state index in [2.05, 4.69) is 60.5 Å². The quantitative estimate of drug-likeness (QED) is 0.722. The Morgan fingerprint density at radius 1 is 1.07 bits per heavy atom. The average molecular weight is 362 g/mol. The van der Waals surface area contributed by atoms with Gasteiger partial charge in [-0.2, -0.15) is 0 Å². The number of hydrogen-bond donors (Lipinski definition) is 1. The molecule has 1 aromatic carbocycles. The summed E-state index contributed by atoms with van der Waals surface area (Å²) >= 11 is 0. The van der Waals surface area contributed by atoms with Gasteiger partial charge in [0.1, 0.15) is 6.10 Å². The van der Waals surface area contributed by atoms with Crippen LogP contribution in [0.25, 0.3) is 0 Å².